The molecule has 0 amide bonds. The quantitative estimate of drug-likeness (QED) is 0.583. The highest BCUT2D eigenvalue weighted by molar-refractivity contribution is 5.51. The van der Waals surface area contributed by atoms with Gasteiger partial charge in [0.15, 0.2) is 0 Å². The Kier molecular flexibility index (Phi) is 22.0. The Bertz CT molecular complexity index is 351. The third-order valence-electron chi connectivity index (χ3n) is 1.66. The van der Waals surface area contributed by atoms with E-state index >= 15 is 0 Å². The van der Waals surface area contributed by atoms with Gasteiger partial charge in [0, 0.05) is 6.20 Å². The van der Waals surface area contributed by atoms with Crippen LogP contribution in [0, 0.1) is 6.92 Å². The third kappa shape index (κ3) is 7.88. The maximum absolute atomic E-state index is 4.03. The molecule has 0 fully saturated rings. The fourth-order valence-corrected chi connectivity index (χ4v) is 1.09. The molecular formula is C16H32N2. The van der Waals surface area contributed by atoms with E-state index in [4.69, 9.17) is 0 Å². The van der Waals surface area contributed by atoms with Gasteiger partial charge in [0.25, 0.3) is 0 Å². The monoisotopic (exact) mass is 252 g/mol. The number of nitrogens with zero attached hydrogens (tertiary/aromatic N) is 2. The molecule has 0 radical (unpaired) electrons. The SMILES string of the molecule is CC.CC.CC.CC.Cc1cccn2cncc12. The van der Waals surface area contributed by atoms with Crippen molar-refractivity contribution in [3.8, 4) is 0 Å². The van der Waals surface area contributed by atoms with E-state index in [1.54, 1.807) is 0 Å². The summed E-state index contributed by atoms with van der Waals surface area (Å²) in [7, 11) is 0. The zero-order valence-corrected chi connectivity index (χ0v) is 13.8. The Hall–Kier alpha value is -1.31. The molecular weight excluding hydrogens is 220 g/mol. The minimum Gasteiger partial charge on any atom is -0.306 e. The van der Waals surface area contributed by atoms with Crippen molar-refractivity contribution in [3.63, 3.8) is 0 Å². The van der Waals surface area contributed by atoms with Gasteiger partial charge < -0.3 is 4.40 Å². The average Bonchev–Trinajstić information content (AvgIpc) is 2.98. The van der Waals surface area contributed by atoms with Crippen LogP contribution < -0.4 is 0 Å². The minimum absolute atomic E-state index is 1.18. The number of pyridine rings is 1. The summed E-state index contributed by atoms with van der Waals surface area (Å²) < 4.78 is 2.01. The zero-order valence-electron chi connectivity index (χ0n) is 13.8. The van der Waals surface area contributed by atoms with Crippen LogP contribution in [-0.2, 0) is 0 Å². The summed E-state index contributed by atoms with van der Waals surface area (Å²) in [5, 5.41) is 0. The first-order chi connectivity index (χ1) is 8.88. The van der Waals surface area contributed by atoms with Crippen molar-refractivity contribution in [2.75, 3.05) is 0 Å². The lowest BCUT2D eigenvalue weighted by Gasteiger charge is -1.94. The van der Waals surface area contributed by atoms with Crippen molar-refractivity contribution in [2.45, 2.75) is 62.3 Å². The van der Waals surface area contributed by atoms with Gasteiger partial charge in [0.1, 0.15) is 0 Å². The summed E-state index contributed by atoms with van der Waals surface area (Å²) in [6, 6.07) is 4.10. The summed E-state index contributed by atoms with van der Waals surface area (Å²) in [6.45, 7) is 18.1. The van der Waals surface area contributed by atoms with Crippen LogP contribution in [0.1, 0.15) is 61.0 Å². The van der Waals surface area contributed by atoms with Gasteiger partial charge in [-0.2, -0.15) is 0 Å². The molecule has 0 saturated carbocycles. The second kappa shape index (κ2) is 18.1. The molecule has 0 N–H and O–H groups in total. The summed E-state index contributed by atoms with van der Waals surface area (Å²) in [4.78, 5) is 4.03. The molecule has 106 valence electrons. The van der Waals surface area contributed by atoms with Crippen molar-refractivity contribution in [1.29, 1.82) is 0 Å². The number of aromatic nitrogens is 2. The number of aryl methyl sites for hydroxylation is 1. The first-order valence-electron chi connectivity index (χ1n) is 7.25. The highest BCUT2D eigenvalue weighted by Gasteiger charge is 1.92. The van der Waals surface area contributed by atoms with E-state index in [-0.39, 0.29) is 0 Å². The van der Waals surface area contributed by atoms with Crippen molar-refractivity contribution in [2.24, 2.45) is 0 Å². The average molecular weight is 252 g/mol. The molecule has 0 aliphatic carbocycles. The Morgan fingerprint density at radius 2 is 1.39 bits per heavy atom. The molecule has 0 aliphatic rings. The van der Waals surface area contributed by atoms with Gasteiger partial charge in [-0.1, -0.05) is 61.5 Å². The number of rotatable bonds is 0. The molecule has 2 rings (SSSR count). The Morgan fingerprint density at radius 1 is 0.889 bits per heavy atom. The summed E-state index contributed by atoms with van der Waals surface area (Å²) in [6.07, 6.45) is 5.67. The minimum atomic E-state index is 1.18. The molecule has 0 aliphatic heterocycles. The van der Waals surface area contributed by atoms with Gasteiger partial charge >= 0.3 is 0 Å². The maximum atomic E-state index is 4.03. The van der Waals surface area contributed by atoms with Crippen LogP contribution in [0.4, 0.5) is 0 Å². The molecule has 0 saturated heterocycles. The van der Waals surface area contributed by atoms with Crippen LogP contribution in [-0.4, -0.2) is 9.38 Å². The molecule has 2 heteroatoms. The lowest BCUT2D eigenvalue weighted by Crippen LogP contribution is -1.81. The molecule has 2 aromatic heterocycles. The van der Waals surface area contributed by atoms with Crippen LogP contribution in [0.15, 0.2) is 30.9 Å². The molecule has 0 spiro atoms. The highest BCUT2D eigenvalue weighted by atomic mass is 15.0. The standard InChI is InChI=1S/C8H8N2.4C2H6/c1-7-3-2-4-10-6-9-5-8(7)10;4*1-2/h2-6H,1H3;4*1-2H3. The maximum Gasteiger partial charge on any atom is 0.0992 e. The van der Waals surface area contributed by atoms with E-state index in [9.17, 15) is 0 Å². The normalized spacial score (nSPS) is 7.17. The van der Waals surface area contributed by atoms with Gasteiger partial charge in [-0.05, 0) is 18.6 Å². The van der Waals surface area contributed by atoms with E-state index in [0.29, 0.717) is 0 Å². The topological polar surface area (TPSA) is 17.3 Å². The predicted molar refractivity (Wildman–Crippen MR) is 85.3 cm³/mol. The lowest BCUT2D eigenvalue weighted by atomic mass is 10.3. The number of hydrogen-bond acceptors (Lipinski definition) is 1. The Morgan fingerprint density at radius 3 is 1.83 bits per heavy atom. The first kappa shape index (κ1) is 21.9. The van der Waals surface area contributed by atoms with E-state index in [0.717, 1.165) is 0 Å². The molecule has 0 aromatic carbocycles. The van der Waals surface area contributed by atoms with Crippen LogP contribution >= 0.6 is 0 Å². The van der Waals surface area contributed by atoms with Crippen molar-refractivity contribution in [3.05, 3.63) is 36.4 Å². The van der Waals surface area contributed by atoms with E-state index in [2.05, 4.69) is 18.0 Å². The fourth-order valence-electron chi connectivity index (χ4n) is 1.09. The second-order valence-electron chi connectivity index (χ2n) is 2.38. The molecule has 0 atom stereocenters. The van der Waals surface area contributed by atoms with Gasteiger partial charge in [-0.3, -0.25) is 0 Å². The highest BCUT2D eigenvalue weighted by Crippen LogP contribution is 2.06. The van der Waals surface area contributed by atoms with Crippen molar-refractivity contribution >= 4 is 5.52 Å². The Balaban J connectivity index is -0.000000244. The van der Waals surface area contributed by atoms with Crippen LogP contribution in [0.2, 0.25) is 0 Å². The third-order valence-corrected chi connectivity index (χ3v) is 1.66. The van der Waals surface area contributed by atoms with Crippen molar-refractivity contribution < 1.29 is 0 Å². The van der Waals surface area contributed by atoms with Crippen LogP contribution in [0.3, 0.4) is 0 Å². The van der Waals surface area contributed by atoms with E-state index < -0.39 is 0 Å². The van der Waals surface area contributed by atoms with E-state index in [1.807, 2.05) is 84.6 Å². The molecule has 18 heavy (non-hydrogen) atoms. The first-order valence-corrected chi connectivity index (χ1v) is 7.25. The summed E-state index contributed by atoms with van der Waals surface area (Å²) >= 11 is 0. The second-order valence-corrected chi connectivity index (χ2v) is 2.38. The lowest BCUT2D eigenvalue weighted by molar-refractivity contribution is 1.14. The number of imidazole rings is 1. The molecule has 0 bridgehead atoms. The van der Waals surface area contributed by atoms with Gasteiger partial charge in [0.05, 0.1) is 18.0 Å². The molecule has 2 heterocycles. The molecule has 0 unspecified atom stereocenters. The molecule has 2 aromatic rings. The fraction of sp³-hybridized carbons (Fsp3) is 0.562. The van der Waals surface area contributed by atoms with Crippen molar-refractivity contribution in [1.82, 2.24) is 9.38 Å². The summed E-state index contributed by atoms with van der Waals surface area (Å²) in [5.41, 5.74) is 2.45. The Labute approximate surface area is 114 Å². The van der Waals surface area contributed by atoms with E-state index in [1.165, 1.54) is 11.1 Å². The zero-order chi connectivity index (χ0) is 15.0. The number of hydrogen-bond donors (Lipinski definition) is 0. The van der Waals surface area contributed by atoms with Gasteiger partial charge in [-0.15, -0.1) is 0 Å². The summed E-state index contributed by atoms with van der Waals surface area (Å²) in [5.74, 6) is 0. The predicted octanol–water partition coefficient (Wildman–Crippen LogP) is 5.75. The van der Waals surface area contributed by atoms with Gasteiger partial charge in [0.2, 0.25) is 0 Å². The number of fused-ring (bicyclic) bond motifs is 1. The van der Waals surface area contributed by atoms with Gasteiger partial charge in [-0.25, -0.2) is 4.98 Å². The largest absolute Gasteiger partial charge is 0.306 e. The smallest absolute Gasteiger partial charge is 0.0992 e. The molecule has 2 nitrogen and oxygen atoms in total. The van der Waals surface area contributed by atoms with Crippen LogP contribution in [0.5, 0.6) is 0 Å². The van der Waals surface area contributed by atoms with Crippen LogP contribution in [0.25, 0.3) is 5.52 Å².